The predicted octanol–water partition coefficient (Wildman–Crippen LogP) is 0.308. The summed E-state index contributed by atoms with van der Waals surface area (Å²) in [5.41, 5.74) is 0.953. The van der Waals surface area contributed by atoms with Crippen molar-refractivity contribution in [2.75, 3.05) is 18.6 Å². The number of amides is 1. The molecule has 0 radical (unpaired) electrons. The Hall–Kier alpha value is -2.09. The van der Waals surface area contributed by atoms with Gasteiger partial charge in [0.25, 0.3) is 5.91 Å². The Labute approximate surface area is 80.5 Å². The molecular weight excluding hydrogens is 182 g/mol. The van der Waals surface area contributed by atoms with E-state index in [2.05, 4.69) is 4.98 Å². The van der Waals surface area contributed by atoms with E-state index in [1.807, 2.05) is 6.07 Å². The number of hydrogen-bond donors (Lipinski definition) is 0. The molecule has 0 unspecified atom stereocenters. The SMILES string of the molecule is CN1C(=O)COc2ncc(C#N)cc21. The number of carbonyl (C=O) groups is 1. The Balaban J connectivity index is 2.52. The fraction of sp³-hybridized carbons (Fsp3) is 0.222. The molecular formula is C9H7N3O2. The van der Waals surface area contributed by atoms with Crippen molar-refractivity contribution in [1.29, 1.82) is 5.26 Å². The van der Waals surface area contributed by atoms with Crippen molar-refractivity contribution in [2.45, 2.75) is 0 Å². The zero-order valence-electron chi connectivity index (χ0n) is 7.52. The van der Waals surface area contributed by atoms with E-state index in [0.29, 0.717) is 17.1 Å². The summed E-state index contributed by atoms with van der Waals surface area (Å²) in [6.45, 7) is 0.00238. The van der Waals surface area contributed by atoms with Crippen LogP contribution in [0, 0.1) is 11.3 Å². The molecule has 0 N–H and O–H groups in total. The van der Waals surface area contributed by atoms with Crippen LogP contribution >= 0.6 is 0 Å². The minimum atomic E-state index is -0.144. The third-order valence-corrected chi connectivity index (χ3v) is 2.03. The van der Waals surface area contributed by atoms with Gasteiger partial charge in [-0.15, -0.1) is 0 Å². The highest BCUT2D eigenvalue weighted by Gasteiger charge is 2.23. The highest BCUT2D eigenvalue weighted by molar-refractivity contribution is 5.96. The van der Waals surface area contributed by atoms with E-state index in [1.54, 1.807) is 13.1 Å². The lowest BCUT2D eigenvalue weighted by Gasteiger charge is -2.24. The molecule has 1 aliphatic heterocycles. The maximum atomic E-state index is 11.2. The number of nitrogens with zero attached hydrogens (tertiary/aromatic N) is 3. The van der Waals surface area contributed by atoms with Gasteiger partial charge in [-0.05, 0) is 6.07 Å². The second-order valence-corrected chi connectivity index (χ2v) is 2.90. The molecule has 5 heteroatoms. The third-order valence-electron chi connectivity index (χ3n) is 2.03. The van der Waals surface area contributed by atoms with Gasteiger partial charge >= 0.3 is 0 Å². The van der Waals surface area contributed by atoms with Crippen LogP contribution in [-0.4, -0.2) is 24.5 Å². The summed E-state index contributed by atoms with van der Waals surface area (Å²) in [6, 6.07) is 3.54. The molecule has 1 aliphatic rings. The number of carbonyl (C=O) groups excluding carboxylic acids is 1. The van der Waals surface area contributed by atoms with Gasteiger partial charge in [0.15, 0.2) is 6.61 Å². The first-order valence-corrected chi connectivity index (χ1v) is 4.02. The lowest BCUT2D eigenvalue weighted by Crippen LogP contribution is -2.35. The first kappa shape index (κ1) is 8.51. The molecule has 1 amide bonds. The summed E-state index contributed by atoms with van der Waals surface area (Å²) >= 11 is 0. The number of ether oxygens (including phenoxy) is 1. The van der Waals surface area contributed by atoms with Crippen LogP contribution in [0.15, 0.2) is 12.3 Å². The summed E-state index contributed by atoms with van der Waals surface area (Å²) < 4.78 is 5.09. The van der Waals surface area contributed by atoms with Gasteiger partial charge in [0.05, 0.1) is 5.56 Å². The van der Waals surface area contributed by atoms with E-state index < -0.39 is 0 Å². The number of aromatic nitrogens is 1. The second-order valence-electron chi connectivity index (χ2n) is 2.90. The van der Waals surface area contributed by atoms with Crippen LogP contribution < -0.4 is 9.64 Å². The molecule has 5 nitrogen and oxygen atoms in total. The van der Waals surface area contributed by atoms with Crippen molar-refractivity contribution in [1.82, 2.24) is 4.98 Å². The van der Waals surface area contributed by atoms with Crippen LogP contribution in [0.5, 0.6) is 5.88 Å². The molecule has 0 aliphatic carbocycles. The average molecular weight is 189 g/mol. The van der Waals surface area contributed by atoms with Crippen molar-refractivity contribution < 1.29 is 9.53 Å². The van der Waals surface area contributed by atoms with Crippen molar-refractivity contribution in [3.05, 3.63) is 17.8 Å². The average Bonchev–Trinajstić information content (AvgIpc) is 2.23. The molecule has 1 aromatic rings. The number of rotatable bonds is 0. The van der Waals surface area contributed by atoms with Gasteiger partial charge in [-0.3, -0.25) is 4.79 Å². The number of hydrogen-bond acceptors (Lipinski definition) is 4. The first-order valence-electron chi connectivity index (χ1n) is 4.02. The lowest BCUT2D eigenvalue weighted by molar-refractivity contribution is -0.121. The van der Waals surface area contributed by atoms with Crippen molar-refractivity contribution in [3.63, 3.8) is 0 Å². The quantitative estimate of drug-likeness (QED) is 0.589. The Morgan fingerprint density at radius 1 is 1.71 bits per heavy atom. The molecule has 0 atom stereocenters. The standard InChI is InChI=1S/C9H7N3O2/c1-12-7-2-6(3-10)4-11-9(7)14-5-8(12)13/h2,4H,5H2,1H3. The summed E-state index contributed by atoms with van der Waals surface area (Å²) in [5, 5.41) is 8.66. The topological polar surface area (TPSA) is 66.2 Å². The van der Waals surface area contributed by atoms with Gasteiger partial charge in [0, 0.05) is 13.2 Å². The van der Waals surface area contributed by atoms with Crippen molar-refractivity contribution in [2.24, 2.45) is 0 Å². The molecule has 0 spiro atoms. The van der Waals surface area contributed by atoms with Gasteiger partial charge in [-0.1, -0.05) is 0 Å². The fourth-order valence-electron chi connectivity index (χ4n) is 1.21. The molecule has 14 heavy (non-hydrogen) atoms. The number of pyridine rings is 1. The van der Waals surface area contributed by atoms with Gasteiger partial charge in [0.2, 0.25) is 5.88 Å². The monoisotopic (exact) mass is 189 g/mol. The van der Waals surface area contributed by atoms with Crippen LogP contribution in [0.4, 0.5) is 5.69 Å². The fourth-order valence-corrected chi connectivity index (χ4v) is 1.21. The molecule has 0 fully saturated rings. The molecule has 0 aromatic carbocycles. The van der Waals surface area contributed by atoms with Crippen LogP contribution in [0.2, 0.25) is 0 Å². The van der Waals surface area contributed by atoms with Gasteiger partial charge in [-0.25, -0.2) is 4.98 Å². The first-order chi connectivity index (χ1) is 6.72. The van der Waals surface area contributed by atoms with E-state index in [4.69, 9.17) is 10.00 Å². The highest BCUT2D eigenvalue weighted by Crippen LogP contribution is 2.28. The molecule has 0 saturated carbocycles. The second kappa shape index (κ2) is 3.00. The van der Waals surface area contributed by atoms with Crippen molar-refractivity contribution >= 4 is 11.6 Å². The molecule has 0 bridgehead atoms. The number of likely N-dealkylation sites (N-methyl/N-ethyl adjacent to an activating group) is 1. The zero-order chi connectivity index (χ0) is 10.1. The molecule has 2 rings (SSSR count). The van der Waals surface area contributed by atoms with Crippen LogP contribution in [-0.2, 0) is 4.79 Å². The van der Waals surface area contributed by atoms with Crippen molar-refractivity contribution in [3.8, 4) is 11.9 Å². The van der Waals surface area contributed by atoms with Gasteiger partial charge in [-0.2, -0.15) is 5.26 Å². The van der Waals surface area contributed by atoms with E-state index in [9.17, 15) is 4.79 Å². The smallest absolute Gasteiger partial charge is 0.264 e. The Morgan fingerprint density at radius 3 is 3.21 bits per heavy atom. The Kier molecular flexibility index (Phi) is 1.82. The lowest BCUT2D eigenvalue weighted by atomic mass is 10.2. The van der Waals surface area contributed by atoms with Crippen LogP contribution in [0.3, 0.4) is 0 Å². The number of fused-ring (bicyclic) bond motifs is 1. The van der Waals surface area contributed by atoms with Gasteiger partial charge < -0.3 is 9.64 Å². The van der Waals surface area contributed by atoms with Crippen LogP contribution in [0.25, 0.3) is 0 Å². The molecule has 2 heterocycles. The summed E-state index contributed by atoms with van der Waals surface area (Å²) in [4.78, 5) is 16.6. The maximum absolute atomic E-state index is 11.2. The zero-order valence-corrected chi connectivity index (χ0v) is 7.52. The number of anilines is 1. The van der Waals surface area contributed by atoms with E-state index in [0.717, 1.165) is 0 Å². The molecule has 0 saturated heterocycles. The predicted molar refractivity (Wildman–Crippen MR) is 47.9 cm³/mol. The van der Waals surface area contributed by atoms with E-state index >= 15 is 0 Å². The minimum absolute atomic E-state index is 0.00238. The summed E-state index contributed by atoms with van der Waals surface area (Å²) in [7, 11) is 1.63. The largest absolute Gasteiger partial charge is 0.466 e. The Morgan fingerprint density at radius 2 is 2.50 bits per heavy atom. The summed E-state index contributed by atoms with van der Waals surface area (Å²) in [5.74, 6) is 0.250. The third kappa shape index (κ3) is 1.17. The van der Waals surface area contributed by atoms with Gasteiger partial charge in [0.1, 0.15) is 11.8 Å². The Bertz CT molecular complexity index is 436. The summed E-state index contributed by atoms with van der Waals surface area (Å²) in [6.07, 6.45) is 1.42. The minimum Gasteiger partial charge on any atom is -0.466 e. The van der Waals surface area contributed by atoms with Crippen LogP contribution in [0.1, 0.15) is 5.56 Å². The molecule has 1 aromatic heterocycles. The number of nitriles is 1. The van der Waals surface area contributed by atoms with E-state index in [1.165, 1.54) is 11.1 Å². The maximum Gasteiger partial charge on any atom is 0.264 e. The highest BCUT2D eigenvalue weighted by atomic mass is 16.5. The molecule has 70 valence electrons. The normalized spacial score (nSPS) is 14.3. The van der Waals surface area contributed by atoms with E-state index in [-0.39, 0.29) is 12.5 Å².